The summed E-state index contributed by atoms with van der Waals surface area (Å²) in [5.41, 5.74) is 2.61. The number of amides is 2. The van der Waals surface area contributed by atoms with Gasteiger partial charge in [-0.05, 0) is 23.6 Å². The van der Waals surface area contributed by atoms with Gasteiger partial charge in [-0.1, -0.05) is 114 Å². The Kier molecular flexibility index (Phi) is 7.57. The molecule has 2 aliphatic rings. The average molecular weight is 627 g/mol. The zero-order valence-electron chi connectivity index (χ0n) is 20.3. The van der Waals surface area contributed by atoms with Crippen LogP contribution < -0.4 is 5.32 Å². The first-order valence-electron chi connectivity index (χ1n) is 12.1. The second-order valence-corrected chi connectivity index (χ2v) is 11.9. The number of ether oxygens (including phenoxy) is 1. The second kappa shape index (κ2) is 10.9. The van der Waals surface area contributed by atoms with Crippen molar-refractivity contribution in [2.24, 2.45) is 0 Å². The highest BCUT2D eigenvalue weighted by atomic mass is 127. The summed E-state index contributed by atoms with van der Waals surface area (Å²) in [5.74, 6) is -0.889. The fourth-order valence-electron chi connectivity index (χ4n) is 4.89. The van der Waals surface area contributed by atoms with Crippen molar-refractivity contribution in [3.05, 3.63) is 108 Å². The molecule has 2 saturated heterocycles. The topological polar surface area (TPSA) is 75.7 Å². The Morgan fingerprint density at radius 1 is 0.973 bits per heavy atom. The maximum Gasteiger partial charge on any atom is 0.331 e. The Labute approximate surface area is 234 Å². The van der Waals surface area contributed by atoms with Gasteiger partial charge in [0.25, 0.3) is 0 Å². The van der Waals surface area contributed by atoms with E-state index in [1.807, 2.05) is 97.9 Å². The van der Waals surface area contributed by atoms with E-state index in [1.165, 1.54) is 0 Å². The lowest BCUT2D eigenvalue weighted by Gasteiger charge is -2.44. The number of esters is 1. The number of benzene rings is 3. The SMILES string of the molecule is CC1(CI)S[C@H]2C(NC(=O)Cc3ccccc3)C(=O)N2C1C(=O)OC(c1ccccc1)c1ccccc1. The Bertz CT molecular complexity index is 1240. The van der Waals surface area contributed by atoms with Crippen LogP contribution in [0.25, 0.3) is 0 Å². The summed E-state index contributed by atoms with van der Waals surface area (Å²) in [6.45, 7) is 1.99. The number of nitrogens with zero attached hydrogens (tertiary/aromatic N) is 1. The molecular weight excluding hydrogens is 599 g/mol. The van der Waals surface area contributed by atoms with E-state index in [-0.39, 0.29) is 23.6 Å². The van der Waals surface area contributed by atoms with Gasteiger partial charge >= 0.3 is 5.97 Å². The van der Waals surface area contributed by atoms with Crippen LogP contribution in [0.1, 0.15) is 29.7 Å². The molecule has 6 nitrogen and oxygen atoms in total. The molecule has 190 valence electrons. The van der Waals surface area contributed by atoms with Crippen molar-refractivity contribution in [1.29, 1.82) is 0 Å². The molecule has 3 aromatic carbocycles. The molecular formula is C29H27IN2O4S. The number of alkyl halides is 1. The first kappa shape index (κ1) is 25.8. The standard InChI is InChI=1S/C29H27IN2O4S/c1-29(18-30)25(28(35)36-24(20-13-7-3-8-14-20)21-15-9-4-10-16-21)32-26(34)23(27(32)37-29)31-22(33)17-19-11-5-2-6-12-19/h2-16,23-25,27H,17-18H2,1H3,(H,31,33)/t23?,25?,27-,29?/m0/s1. The molecule has 2 aliphatic heterocycles. The van der Waals surface area contributed by atoms with Gasteiger partial charge in [-0.25, -0.2) is 4.79 Å². The van der Waals surface area contributed by atoms with Crippen LogP contribution in [0.4, 0.5) is 0 Å². The summed E-state index contributed by atoms with van der Waals surface area (Å²) >= 11 is 3.82. The molecule has 4 atom stereocenters. The maximum absolute atomic E-state index is 13.8. The zero-order chi connectivity index (χ0) is 26.0. The second-order valence-electron chi connectivity index (χ2n) is 9.45. The molecule has 0 spiro atoms. The number of halogens is 1. The lowest BCUT2D eigenvalue weighted by Crippen LogP contribution is -2.71. The highest BCUT2D eigenvalue weighted by Crippen LogP contribution is 2.52. The summed E-state index contributed by atoms with van der Waals surface area (Å²) in [6, 6.07) is 27.3. The minimum absolute atomic E-state index is 0.201. The Morgan fingerprint density at radius 2 is 1.51 bits per heavy atom. The number of carbonyl (C=O) groups is 3. The summed E-state index contributed by atoms with van der Waals surface area (Å²) in [5, 5.41) is 2.59. The first-order valence-corrected chi connectivity index (χ1v) is 14.5. The number of carbonyl (C=O) groups excluding carboxylic acids is 3. The van der Waals surface area contributed by atoms with Crippen molar-refractivity contribution in [1.82, 2.24) is 10.2 Å². The lowest BCUT2D eigenvalue weighted by atomic mass is 9.95. The van der Waals surface area contributed by atoms with Crippen LogP contribution in [-0.4, -0.2) is 49.3 Å². The predicted molar refractivity (Wildman–Crippen MR) is 152 cm³/mol. The van der Waals surface area contributed by atoms with E-state index in [4.69, 9.17) is 4.74 Å². The molecule has 2 heterocycles. The van der Waals surface area contributed by atoms with E-state index in [9.17, 15) is 14.4 Å². The molecule has 0 bridgehead atoms. The third-order valence-electron chi connectivity index (χ3n) is 6.78. The van der Waals surface area contributed by atoms with E-state index in [0.29, 0.717) is 4.43 Å². The van der Waals surface area contributed by atoms with Gasteiger partial charge < -0.3 is 15.0 Å². The number of thioether (sulfide) groups is 1. The van der Waals surface area contributed by atoms with Crippen molar-refractivity contribution in [2.45, 2.75) is 41.7 Å². The molecule has 2 amide bonds. The van der Waals surface area contributed by atoms with E-state index < -0.39 is 28.9 Å². The Balaban J connectivity index is 1.34. The van der Waals surface area contributed by atoms with Crippen molar-refractivity contribution >= 4 is 52.1 Å². The highest BCUT2D eigenvalue weighted by molar-refractivity contribution is 14.1. The van der Waals surface area contributed by atoms with Crippen LogP contribution in [0.5, 0.6) is 0 Å². The van der Waals surface area contributed by atoms with Crippen molar-refractivity contribution in [3.8, 4) is 0 Å². The summed E-state index contributed by atoms with van der Waals surface area (Å²) in [7, 11) is 0. The molecule has 5 rings (SSSR count). The van der Waals surface area contributed by atoms with Gasteiger partial charge in [-0.3, -0.25) is 9.59 Å². The molecule has 0 radical (unpaired) electrons. The summed E-state index contributed by atoms with van der Waals surface area (Å²) in [6.07, 6.45) is -0.387. The predicted octanol–water partition coefficient (Wildman–Crippen LogP) is 4.52. The minimum Gasteiger partial charge on any atom is -0.451 e. The van der Waals surface area contributed by atoms with Crippen molar-refractivity contribution in [3.63, 3.8) is 0 Å². The van der Waals surface area contributed by atoms with Crippen LogP contribution in [0.15, 0.2) is 91.0 Å². The van der Waals surface area contributed by atoms with Gasteiger partial charge in [0.15, 0.2) is 6.10 Å². The van der Waals surface area contributed by atoms with Crippen LogP contribution in [0.3, 0.4) is 0 Å². The summed E-state index contributed by atoms with van der Waals surface area (Å²) in [4.78, 5) is 41.3. The Hall–Kier alpha value is -2.85. The summed E-state index contributed by atoms with van der Waals surface area (Å²) < 4.78 is 6.26. The number of fused-ring (bicyclic) bond motifs is 1. The van der Waals surface area contributed by atoms with Crippen LogP contribution in [0.2, 0.25) is 0 Å². The molecule has 3 aromatic rings. The average Bonchev–Trinajstić information content (AvgIpc) is 3.22. The molecule has 37 heavy (non-hydrogen) atoms. The third-order valence-corrected chi connectivity index (χ3v) is 10.5. The van der Waals surface area contributed by atoms with Gasteiger partial charge in [0, 0.05) is 4.43 Å². The van der Waals surface area contributed by atoms with Gasteiger partial charge in [-0.15, -0.1) is 11.8 Å². The molecule has 1 N–H and O–H groups in total. The van der Waals surface area contributed by atoms with Gasteiger partial charge in [-0.2, -0.15) is 0 Å². The van der Waals surface area contributed by atoms with Crippen LogP contribution in [-0.2, 0) is 25.5 Å². The number of β-lactam (4-membered cyclic amide) rings is 1. The third kappa shape index (κ3) is 5.13. The van der Waals surface area contributed by atoms with E-state index in [1.54, 1.807) is 16.7 Å². The quantitative estimate of drug-likeness (QED) is 0.172. The Morgan fingerprint density at radius 3 is 2.05 bits per heavy atom. The molecule has 0 aromatic heterocycles. The number of hydrogen-bond acceptors (Lipinski definition) is 5. The fraction of sp³-hybridized carbons (Fsp3) is 0.276. The van der Waals surface area contributed by atoms with Crippen LogP contribution >= 0.6 is 34.4 Å². The molecule has 0 aliphatic carbocycles. The minimum atomic E-state index is -0.746. The van der Waals surface area contributed by atoms with Crippen molar-refractivity contribution in [2.75, 3.05) is 4.43 Å². The number of hydrogen-bond donors (Lipinski definition) is 1. The monoisotopic (exact) mass is 626 g/mol. The highest BCUT2D eigenvalue weighted by Gasteiger charge is 2.65. The first-order chi connectivity index (χ1) is 17.9. The molecule has 3 unspecified atom stereocenters. The maximum atomic E-state index is 13.8. The fourth-order valence-corrected chi connectivity index (χ4v) is 7.46. The van der Waals surface area contributed by atoms with Gasteiger partial charge in [0.1, 0.15) is 17.5 Å². The van der Waals surface area contributed by atoms with Gasteiger partial charge in [0.2, 0.25) is 11.8 Å². The normalized spacial score (nSPS) is 24.4. The zero-order valence-corrected chi connectivity index (χ0v) is 23.2. The molecule has 8 heteroatoms. The largest absolute Gasteiger partial charge is 0.451 e. The lowest BCUT2D eigenvalue weighted by molar-refractivity contribution is -0.166. The smallest absolute Gasteiger partial charge is 0.331 e. The molecule has 2 fully saturated rings. The van der Waals surface area contributed by atoms with E-state index in [0.717, 1.165) is 16.7 Å². The van der Waals surface area contributed by atoms with E-state index >= 15 is 0 Å². The van der Waals surface area contributed by atoms with Gasteiger partial charge in [0.05, 0.1) is 11.2 Å². The van der Waals surface area contributed by atoms with E-state index in [2.05, 4.69) is 27.9 Å². The number of nitrogens with one attached hydrogen (secondary N) is 1. The van der Waals surface area contributed by atoms with Crippen molar-refractivity contribution < 1.29 is 19.1 Å². The molecule has 0 saturated carbocycles. The number of rotatable bonds is 8. The van der Waals surface area contributed by atoms with Crippen LogP contribution in [0, 0.1) is 0 Å².